The molecule has 0 N–H and O–H groups in total. The van der Waals surface area contributed by atoms with Crippen molar-refractivity contribution in [3.05, 3.63) is 69.7 Å². The summed E-state index contributed by atoms with van der Waals surface area (Å²) in [6.45, 7) is 4.23. The number of aromatic nitrogens is 3. The maximum Gasteiger partial charge on any atom is 0.171 e. The van der Waals surface area contributed by atoms with Gasteiger partial charge >= 0.3 is 0 Å². The van der Waals surface area contributed by atoms with Crippen LogP contribution in [0.3, 0.4) is 0 Å². The number of halogens is 2. The van der Waals surface area contributed by atoms with Crippen LogP contribution in [0.1, 0.15) is 37.4 Å². The summed E-state index contributed by atoms with van der Waals surface area (Å²) in [5, 5.41) is 5.63. The first kappa shape index (κ1) is 21.3. The maximum absolute atomic E-state index is 12.5. The normalized spacial score (nSPS) is 10.9. The SMILES string of the molecule is CCc1nn(CC(=O)CCc2ccccn2)c(CC)c1Oc1cc(Cl)cc(Cl)c1. The number of ether oxygens (including phenoxy) is 1. The van der Waals surface area contributed by atoms with E-state index in [-0.39, 0.29) is 12.3 Å². The monoisotopic (exact) mass is 431 g/mol. The second-order valence-corrected chi connectivity index (χ2v) is 7.53. The molecule has 0 fully saturated rings. The van der Waals surface area contributed by atoms with Gasteiger partial charge in [-0.15, -0.1) is 0 Å². The Bertz CT molecular complexity index is 967. The summed E-state index contributed by atoms with van der Waals surface area (Å²) in [5.74, 6) is 1.33. The molecule has 1 aromatic carbocycles. The Morgan fingerprint density at radius 2 is 1.86 bits per heavy atom. The number of aryl methyl sites for hydroxylation is 2. The molecule has 0 spiro atoms. The van der Waals surface area contributed by atoms with Gasteiger partial charge in [-0.2, -0.15) is 5.10 Å². The van der Waals surface area contributed by atoms with Crippen molar-refractivity contribution < 1.29 is 9.53 Å². The Morgan fingerprint density at radius 1 is 1.10 bits per heavy atom. The molecule has 152 valence electrons. The number of carbonyl (C=O) groups excluding carboxylic acids is 1. The third-order valence-corrected chi connectivity index (χ3v) is 4.95. The zero-order valence-electron chi connectivity index (χ0n) is 16.5. The van der Waals surface area contributed by atoms with Crippen molar-refractivity contribution in [1.82, 2.24) is 14.8 Å². The molecule has 7 heteroatoms. The van der Waals surface area contributed by atoms with E-state index in [9.17, 15) is 4.79 Å². The summed E-state index contributed by atoms with van der Waals surface area (Å²) in [5.41, 5.74) is 2.59. The molecule has 0 amide bonds. The van der Waals surface area contributed by atoms with E-state index in [1.165, 1.54) is 0 Å². The number of ketones is 1. The lowest BCUT2D eigenvalue weighted by Gasteiger charge is -2.10. The summed E-state index contributed by atoms with van der Waals surface area (Å²) in [6.07, 6.45) is 4.15. The van der Waals surface area contributed by atoms with Crippen LogP contribution in [-0.2, 0) is 30.6 Å². The summed E-state index contributed by atoms with van der Waals surface area (Å²) < 4.78 is 7.85. The number of hydrogen-bond donors (Lipinski definition) is 0. The largest absolute Gasteiger partial charge is 0.453 e. The fourth-order valence-electron chi connectivity index (χ4n) is 3.12. The lowest BCUT2D eigenvalue weighted by atomic mass is 10.1. The summed E-state index contributed by atoms with van der Waals surface area (Å²) in [7, 11) is 0. The number of Topliss-reactive ketones (excluding diaryl/α,β-unsaturated/α-hetero) is 1. The minimum Gasteiger partial charge on any atom is -0.453 e. The molecule has 0 radical (unpaired) electrons. The van der Waals surface area contributed by atoms with Crippen molar-refractivity contribution in [2.75, 3.05) is 0 Å². The summed E-state index contributed by atoms with van der Waals surface area (Å²) in [6, 6.07) is 10.8. The van der Waals surface area contributed by atoms with Gasteiger partial charge in [-0.25, -0.2) is 0 Å². The first-order valence-corrected chi connectivity index (χ1v) is 10.4. The number of nitrogens with zero attached hydrogens (tertiary/aromatic N) is 3. The molecular formula is C22H23Cl2N3O2. The topological polar surface area (TPSA) is 57.0 Å². The zero-order valence-corrected chi connectivity index (χ0v) is 18.0. The molecule has 0 aliphatic rings. The van der Waals surface area contributed by atoms with E-state index in [1.54, 1.807) is 29.1 Å². The number of pyridine rings is 1. The second kappa shape index (κ2) is 9.90. The molecule has 0 bridgehead atoms. The molecule has 0 atom stereocenters. The van der Waals surface area contributed by atoms with E-state index in [2.05, 4.69) is 10.1 Å². The van der Waals surface area contributed by atoms with Crippen LogP contribution in [0, 0.1) is 0 Å². The minimum atomic E-state index is 0.104. The molecule has 3 aromatic rings. The van der Waals surface area contributed by atoms with Gasteiger partial charge in [0, 0.05) is 28.4 Å². The lowest BCUT2D eigenvalue weighted by Crippen LogP contribution is -2.14. The van der Waals surface area contributed by atoms with Gasteiger partial charge in [-0.1, -0.05) is 43.1 Å². The zero-order chi connectivity index (χ0) is 20.8. The van der Waals surface area contributed by atoms with E-state index in [1.807, 2.05) is 32.0 Å². The molecule has 0 unspecified atom stereocenters. The summed E-state index contributed by atoms with van der Waals surface area (Å²) >= 11 is 12.2. The first-order chi connectivity index (χ1) is 14.0. The molecule has 0 aliphatic carbocycles. The third kappa shape index (κ3) is 5.58. The molecule has 2 heterocycles. The Kier molecular flexibility index (Phi) is 7.29. The molecule has 2 aromatic heterocycles. The van der Waals surface area contributed by atoms with Gasteiger partial charge in [0.1, 0.15) is 11.4 Å². The Morgan fingerprint density at radius 3 is 2.48 bits per heavy atom. The Hall–Kier alpha value is -2.37. The maximum atomic E-state index is 12.5. The van der Waals surface area contributed by atoms with Crippen molar-refractivity contribution in [3.8, 4) is 11.5 Å². The van der Waals surface area contributed by atoms with Gasteiger partial charge in [-0.05, 0) is 49.6 Å². The van der Waals surface area contributed by atoms with E-state index < -0.39 is 0 Å². The third-order valence-electron chi connectivity index (χ3n) is 4.52. The smallest absolute Gasteiger partial charge is 0.171 e. The van der Waals surface area contributed by atoms with Gasteiger partial charge < -0.3 is 4.74 Å². The number of benzene rings is 1. The Balaban J connectivity index is 1.78. The second-order valence-electron chi connectivity index (χ2n) is 6.65. The number of hydrogen-bond acceptors (Lipinski definition) is 4. The van der Waals surface area contributed by atoms with Crippen LogP contribution in [0.2, 0.25) is 10.0 Å². The number of carbonyl (C=O) groups is 1. The van der Waals surface area contributed by atoms with Crippen molar-refractivity contribution in [2.45, 2.75) is 46.1 Å². The standard InChI is InChI=1S/C22H23Cl2N3O2/c1-3-20-22(29-19-12-15(23)11-16(24)13-19)21(4-2)27(26-20)14-18(28)9-8-17-7-5-6-10-25-17/h5-7,10-13H,3-4,8-9,14H2,1-2H3. The fourth-order valence-corrected chi connectivity index (χ4v) is 3.63. The predicted octanol–water partition coefficient (Wildman–Crippen LogP) is 5.70. The van der Waals surface area contributed by atoms with E-state index >= 15 is 0 Å². The average Bonchev–Trinajstić information content (AvgIpc) is 3.02. The van der Waals surface area contributed by atoms with E-state index in [0.29, 0.717) is 47.2 Å². The quantitative estimate of drug-likeness (QED) is 0.435. The lowest BCUT2D eigenvalue weighted by molar-refractivity contribution is -0.119. The molecule has 5 nitrogen and oxygen atoms in total. The first-order valence-electron chi connectivity index (χ1n) is 9.64. The predicted molar refractivity (Wildman–Crippen MR) is 115 cm³/mol. The average molecular weight is 432 g/mol. The molecule has 0 aliphatic heterocycles. The highest BCUT2D eigenvalue weighted by atomic mass is 35.5. The van der Waals surface area contributed by atoms with Gasteiger partial charge in [0.2, 0.25) is 0 Å². The summed E-state index contributed by atoms with van der Waals surface area (Å²) in [4.78, 5) is 16.8. The van der Waals surface area contributed by atoms with Gasteiger partial charge in [0.05, 0.1) is 12.2 Å². The van der Waals surface area contributed by atoms with Crippen LogP contribution >= 0.6 is 23.2 Å². The van der Waals surface area contributed by atoms with Crippen LogP contribution < -0.4 is 4.74 Å². The van der Waals surface area contributed by atoms with Crippen molar-refractivity contribution in [1.29, 1.82) is 0 Å². The molecule has 3 rings (SSSR count). The number of rotatable bonds is 9. The van der Waals surface area contributed by atoms with Crippen LogP contribution in [0.25, 0.3) is 0 Å². The van der Waals surface area contributed by atoms with Crippen LogP contribution in [0.5, 0.6) is 11.5 Å². The van der Waals surface area contributed by atoms with Crippen LogP contribution in [0.15, 0.2) is 42.6 Å². The molecule has 0 saturated heterocycles. The van der Waals surface area contributed by atoms with Crippen LogP contribution in [-0.4, -0.2) is 20.5 Å². The van der Waals surface area contributed by atoms with Gasteiger partial charge in [-0.3, -0.25) is 14.5 Å². The van der Waals surface area contributed by atoms with Crippen molar-refractivity contribution in [2.24, 2.45) is 0 Å². The van der Waals surface area contributed by atoms with Gasteiger partial charge in [0.25, 0.3) is 0 Å². The minimum absolute atomic E-state index is 0.104. The highest BCUT2D eigenvalue weighted by Crippen LogP contribution is 2.33. The van der Waals surface area contributed by atoms with Crippen molar-refractivity contribution >= 4 is 29.0 Å². The van der Waals surface area contributed by atoms with Crippen molar-refractivity contribution in [3.63, 3.8) is 0 Å². The van der Waals surface area contributed by atoms with E-state index in [0.717, 1.165) is 17.1 Å². The molecular weight excluding hydrogens is 409 g/mol. The fraction of sp³-hybridized carbons (Fsp3) is 0.318. The highest BCUT2D eigenvalue weighted by molar-refractivity contribution is 6.34. The molecule has 29 heavy (non-hydrogen) atoms. The van der Waals surface area contributed by atoms with E-state index in [4.69, 9.17) is 27.9 Å². The molecule has 0 saturated carbocycles. The van der Waals surface area contributed by atoms with Gasteiger partial charge in [0.15, 0.2) is 11.5 Å². The van der Waals surface area contributed by atoms with Crippen LogP contribution in [0.4, 0.5) is 0 Å². The Labute approximate surface area is 180 Å². The highest BCUT2D eigenvalue weighted by Gasteiger charge is 2.20.